The maximum atomic E-state index is 5.09. The monoisotopic (exact) mass is 261 g/mol. The second-order valence-corrected chi connectivity index (χ2v) is 4.73. The summed E-state index contributed by atoms with van der Waals surface area (Å²) in [5.74, 6) is 1.58. The van der Waals surface area contributed by atoms with E-state index in [4.69, 9.17) is 4.74 Å². The summed E-state index contributed by atoms with van der Waals surface area (Å²) in [6, 6.07) is 3.74. The number of nitrogens with one attached hydrogen (secondary N) is 2. The molecule has 6 nitrogen and oxygen atoms in total. The van der Waals surface area contributed by atoms with Crippen LogP contribution in [-0.4, -0.2) is 27.3 Å². The number of pyridine rings is 1. The Balaban J connectivity index is 2.00. The van der Waals surface area contributed by atoms with Crippen LogP contribution in [0.25, 0.3) is 10.2 Å². The van der Waals surface area contributed by atoms with E-state index in [-0.39, 0.29) is 0 Å². The molecule has 3 aromatic heterocycles. The van der Waals surface area contributed by atoms with Crippen LogP contribution in [-0.2, 0) is 11.3 Å². The van der Waals surface area contributed by atoms with E-state index in [2.05, 4.69) is 25.5 Å². The molecule has 0 aromatic carbocycles. The zero-order valence-corrected chi connectivity index (χ0v) is 10.5. The molecule has 0 aliphatic heterocycles. The standard InChI is InChI=1S/C11H11N5OS/c1-17-6-9-14-7-2-4-12-11(10(7)18-9)15-8-3-5-13-16-8/h2-5H,6H2,1H3,(H2,12,13,15,16). The van der Waals surface area contributed by atoms with Crippen molar-refractivity contribution in [3.63, 3.8) is 0 Å². The summed E-state index contributed by atoms with van der Waals surface area (Å²) in [4.78, 5) is 8.81. The molecular formula is C11H11N5OS. The van der Waals surface area contributed by atoms with Gasteiger partial charge in [-0.05, 0) is 6.07 Å². The average Bonchev–Trinajstić information content (AvgIpc) is 2.98. The first kappa shape index (κ1) is 11.1. The molecule has 0 bridgehead atoms. The molecule has 0 radical (unpaired) electrons. The molecule has 2 N–H and O–H groups in total. The second-order valence-electron chi connectivity index (χ2n) is 3.64. The van der Waals surface area contributed by atoms with Crippen molar-refractivity contribution in [2.75, 3.05) is 12.4 Å². The van der Waals surface area contributed by atoms with Gasteiger partial charge in [-0.3, -0.25) is 5.10 Å². The van der Waals surface area contributed by atoms with Crippen molar-refractivity contribution < 1.29 is 4.74 Å². The van der Waals surface area contributed by atoms with E-state index in [1.54, 1.807) is 30.8 Å². The molecule has 0 saturated carbocycles. The third kappa shape index (κ3) is 2.05. The van der Waals surface area contributed by atoms with Crippen LogP contribution in [0.4, 0.5) is 11.6 Å². The van der Waals surface area contributed by atoms with E-state index in [1.165, 1.54) is 0 Å². The summed E-state index contributed by atoms with van der Waals surface area (Å²) in [5, 5.41) is 10.8. The fraction of sp³-hybridized carbons (Fsp3) is 0.182. The van der Waals surface area contributed by atoms with Gasteiger partial charge in [0.2, 0.25) is 0 Å². The molecule has 0 saturated heterocycles. The minimum absolute atomic E-state index is 0.517. The van der Waals surface area contributed by atoms with Crippen molar-refractivity contribution >= 4 is 33.2 Å². The Morgan fingerprint density at radius 3 is 3.11 bits per heavy atom. The highest BCUT2D eigenvalue weighted by Crippen LogP contribution is 2.29. The summed E-state index contributed by atoms with van der Waals surface area (Å²) in [7, 11) is 1.66. The third-order valence-electron chi connectivity index (χ3n) is 2.37. The minimum atomic E-state index is 0.517. The van der Waals surface area contributed by atoms with Crippen LogP contribution in [0.1, 0.15) is 5.01 Å². The minimum Gasteiger partial charge on any atom is -0.378 e. The number of aromatic nitrogens is 4. The predicted octanol–water partition coefficient (Wildman–Crippen LogP) is 2.30. The molecule has 7 heteroatoms. The number of methoxy groups -OCH3 is 1. The third-order valence-corrected chi connectivity index (χ3v) is 3.42. The number of aromatic amines is 1. The molecule has 0 unspecified atom stereocenters. The zero-order valence-electron chi connectivity index (χ0n) is 9.67. The van der Waals surface area contributed by atoms with Gasteiger partial charge in [0.1, 0.15) is 10.8 Å². The van der Waals surface area contributed by atoms with Crippen LogP contribution in [0.3, 0.4) is 0 Å². The van der Waals surface area contributed by atoms with E-state index in [1.807, 2.05) is 12.1 Å². The van der Waals surface area contributed by atoms with E-state index < -0.39 is 0 Å². The van der Waals surface area contributed by atoms with Crippen LogP contribution >= 0.6 is 11.3 Å². The Morgan fingerprint density at radius 1 is 1.39 bits per heavy atom. The predicted molar refractivity (Wildman–Crippen MR) is 70.0 cm³/mol. The van der Waals surface area contributed by atoms with E-state index >= 15 is 0 Å². The number of H-pyrrole nitrogens is 1. The summed E-state index contributed by atoms with van der Waals surface area (Å²) in [6.07, 6.45) is 3.42. The first-order chi connectivity index (χ1) is 8.86. The van der Waals surface area contributed by atoms with Crippen LogP contribution in [0.2, 0.25) is 0 Å². The fourth-order valence-electron chi connectivity index (χ4n) is 1.63. The largest absolute Gasteiger partial charge is 0.378 e. The SMILES string of the molecule is COCc1nc2ccnc(Nc3ccn[nH]3)c2s1. The van der Waals surface area contributed by atoms with Gasteiger partial charge < -0.3 is 10.1 Å². The van der Waals surface area contributed by atoms with Gasteiger partial charge in [0.05, 0.1) is 23.0 Å². The van der Waals surface area contributed by atoms with Gasteiger partial charge >= 0.3 is 0 Å². The summed E-state index contributed by atoms with van der Waals surface area (Å²) in [5.41, 5.74) is 0.920. The Bertz CT molecular complexity index is 649. The van der Waals surface area contributed by atoms with Gasteiger partial charge in [-0.1, -0.05) is 0 Å². The average molecular weight is 261 g/mol. The lowest BCUT2D eigenvalue weighted by Crippen LogP contribution is -1.93. The van der Waals surface area contributed by atoms with Gasteiger partial charge in [-0.25, -0.2) is 9.97 Å². The highest BCUT2D eigenvalue weighted by molar-refractivity contribution is 7.19. The molecule has 92 valence electrons. The molecule has 0 amide bonds. The fourth-order valence-corrected chi connectivity index (χ4v) is 2.60. The Kier molecular flexibility index (Phi) is 2.91. The summed E-state index contributed by atoms with van der Waals surface area (Å²) < 4.78 is 6.11. The van der Waals surface area contributed by atoms with Crippen molar-refractivity contribution in [2.24, 2.45) is 0 Å². The van der Waals surface area contributed by atoms with E-state index in [0.29, 0.717) is 6.61 Å². The Hall–Kier alpha value is -1.99. The van der Waals surface area contributed by atoms with Crippen LogP contribution in [0.15, 0.2) is 24.5 Å². The van der Waals surface area contributed by atoms with Crippen LogP contribution in [0, 0.1) is 0 Å². The van der Waals surface area contributed by atoms with Crippen molar-refractivity contribution in [3.8, 4) is 0 Å². The molecular weight excluding hydrogens is 250 g/mol. The van der Waals surface area contributed by atoms with Crippen molar-refractivity contribution in [1.82, 2.24) is 20.2 Å². The Labute approximate surface area is 107 Å². The first-order valence-corrected chi connectivity index (χ1v) is 6.18. The number of nitrogens with zero attached hydrogens (tertiary/aromatic N) is 3. The van der Waals surface area contributed by atoms with Crippen LogP contribution < -0.4 is 5.32 Å². The zero-order chi connectivity index (χ0) is 12.4. The number of anilines is 2. The quantitative estimate of drug-likeness (QED) is 0.753. The van der Waals surface area contributed by atoms with Gasteiger partial charge in [0, 0.05) is 19.4 Å². The smallest absolute Gasteiger partial charge is 0.151 e. The van der Waals surface area contributed by atoms with E-state index in [9.17, 15) is 0 Å². The molecule has 0 atom stereocenters. The highest BCUT2D eigenvalue weighted by Gasteiger charge is 2.09. The van der Waals surface area contributed by atoms with Crippen molar-refractivity contribution in [3.05, 3.63) is 29.5 Å². The maximum absolute atomic E-state index is 5.09. The van der Waals surface area contributed by atoms with Gasteiger partial charge in [0.25, 0.3) is 0 Å². The number of rotatable bonds is 4. The maximum Gasteiger partial charge on any atom is 0.151 e. The number of hydrogen-bond acceptors (Lipinski definition) is 6. The first-order valence-electron chi connectivity index (χ1n) is 5.36. The molecule has 0 spiro atoms. The lowest BCUT2D eigenvalue weighted by atomic mass is 10.4. The normalized spacial score (nSPS) is 10.9. The lowest BCUT2D eigenvalue weighted by molar-refractivity contribution is 0.184. The molecule has 0 aliphatic carbocycles. The van der Waals surface area contributed by atoms with Crippen molar-refractivity contribution in [2.45, 2.75) is 6.61 Å². The number of ether oxygens (including phenoxy) is 1. The molecule has 18 heavy (non-hydrogen) atoms. The van der Waals surface area contributed by atoms with Gasteiger partial charge in [-0.2, -0.15) is 5.10 Å². The van der Waals surface area contributed by atoms with Gasteiger partial charge in [-0.15, -0.1) is 11.3 Å². The van der Waals surface area contributed by atoms with Crippen molar-refractivity contribution in [1.29, 1.82) is 0 Å². The summed E-state index contributed by atoms with van der Waals surface area (Å²) >= 11 is 1.57. The lowest BCUT2D eigenvalue weighted by Gasteiger charge is -2.02. The van der Waals surface area contributed by atoms with Gasteiger partial charge in [0.15, 0.2) is 5.82 Å². The molecule has 3 heterocycles. The number of thiazole rings is 1. The molecule has 0 fully saturated rings. The second kappa shape index (κ2) is 4.71. The molecule has 0 aliphatic rings. The molecule has 3 rings (SSSR count). The summed E-state index contributed by atoms with van der Waals surface area (Å²) in [6.45, 7) is 0.517. The number of fused-ring (bicyclic) bond motifs is 1. The van der Waals surface area contributed by atoms with E-state index in [0.717, 1.165) is 26.9 Å². The topological polar surface area (TPSA) is 75.7 Å². The molecule has 3 aromatic rings. The van der Waals surface area contributed by atoms with Crippen LogP contribution in [0.5, 0.6) is 0 Å². The number of hydrogen-bond donors (Lipinski definition) is 2. The highest BCUT2D eigenvalue weighted by atomic mass is 32.1. The Morgan fingerprint density at radius 2 is 2.33 bits per heavy atom.